The van der Waals surface area contributed by atoms with Crippen LogP contribution in [-0.4, -0.2) is 77.7 Å². The number of carbonyl (C=O) groups is 1. The van der Waals surface area contributed by atoms with Crippen LogP contribution in [-0.2, 0) is 12.8 Å². The van der Waals surface area contributed by atoms with Crippen LogP contribution in [0.3, 0.4) is 0 Å². The standard InChI is InChI=1S/C18H28N6O/c1-2-22-9-5-15-16(6-10-22)21-17(13-20-15)24-12-11-23(18(24)25)14-3-7-19-8-4-14/h13-14,19H,2-12H2,1H3. The van der Waals surface area contributed by atoms with Crippen LogP contribution in [0.4, 0.5) is 10.6 Å². The summed E-state index contributed by atoms with van der Waals surface area (Å²) in [5, 5.41) is 3.37. The number of aromatic nitrogens is 2. The molecule has 0 aliphatic carbocycles. The van der Waals surface area contributed by atoms with Gasteiger partial charge in [0.15, 0.2) is 5.82 Å². The topological polar surface area (TPSA) is 64.6 Å². The molecule has 4 rings (SSSR count). The van der Waals surface area contributed by atoms with Crippen LogP contribution in [0.15, 0.2) is 6.20 Å². The zero-order valence-electron chi connectivity index (χ0n) is 15.1. The lowest BCUT2D eigenvalue weighted by atomic mass is 10.1. The number of carbonyl (C=O) groups excluding carboxylic acids is 1. The van der Waals surface area contributed by atoms with Gasteiger partial charge in [-0.05, 0) is 32.5 Å². The van der Waals surface area contributed by atoms with E-state index in [0.29, 0.717) is 6.04 Å². The summed E-state index contributed by atoms with van der Waals surface area (Å²) in [7, 11) is 0. The molecular formula is C18H28N6O. The summed E-state index contributed by atoms with van der Waals surface area (Å²) in [5.41, 5.74) is 2.17. The molecule has 136 valence electrons. The molecule has 0 atom stereocenters. The molecule has 1 aromatic rings. The first kappa shape index (κ1) is 16.7. The molecule has 3 aliphatic heterocycles. The van der Waals surface area contributed by atoms with Crippen molar-refractivity contribution in [2.24, 2.45) is 0 Å². The number of piperidine rings is 1. The van der Waals surface area contributed by atoms with Crippen LogP contribution < -0.4 is 10.2 Å². The zero-order chi connectivity index (χ0) is 17.2. The van der Waals surface area contributed by atoms with E-state index in [0.717, 1.165) is 88.7 Å². The molecule has 25 heavy (non-hydrogen) atoms. The van der Waals surface area contributed by atoms with E-state index in [1.165, 1.54) is 0 Å². The Bertz CT molecular complexity index is 630. The summed E-state index contributed by atoms with van der Waals surface area (Å²) >= 11 is 0. The Morgan fingerprint density at radius 1 is 1.12 bits per heavy atom. The highest BCUT2D eigenvalue weighted by Gasteiger charge is 2.36. The molecule has 1 aromatic heterocycles. The van der Waals surface area contributed by atoms with Gasteiger partial charge in [-0.3, -0.25) is 9.88 Å². The third-order valence-electron chi connectivity index (χ3n) is 5.76. The lowest BCUT2D eigenvalue weighted by Crippen LogP contribution is -2.45. The fourth-order valence-electron chi connectivity index (χ4n) is 4.16. The van der Waals surface area contributed by atoms with E-state index < -0.39 is 0 Å². The van der Waals surface area contributed by atoms with Gasteiger partial charge in [-0.1, -0.05) is 6.92 Å². The summed E-state index contributed by atoms with van der Waals surface area (Å²) in [6.07, 6.45) is 5.75. The number of fused-ring (bicyclic) bond motifs is 1. The van der Waals surface area contributed by atoms with Gasteiger partial charge in [0.25, 0.3) is 0 Å². The minimum absolute atomic E-state index is 0.102. The third-order valence-corrected chi connectivity index (χ3v) is 5.76. The minimum atomic E-state index is 0.102. The highest BCUT2D eigenvalue weighted by atomic mass is 16.2. The van der Waals surface area contributed by atoms with E-state index >= 15 is 0 Å². The first-order valence-electron chi connectivity index (χ1n) is 9.62. The molecule has 3 aliphatic rings. The Balaban J connectivity index is 1.49. The van der Waals surface area contributed by atoms with Gasteiger partial charge in [0.05, 0.1) is 17.6 Å². The summed E-state index contributed by atoms with van der Waals surface area (Å²) in [4.78, 5) is 28.7. The van der Waals surface area contributed by atoms with Crippen molar-refractivity contribution in [3.05, 3.63) is 17.6 Å². The lowest BCUT2D eigenvalue weighted by Gasteiger charge is -2.31. The molecule has 0 radical (unpaired) electrons. The largest absolute Gasteiger partial charge is 0.326 e. The monoisotopic (exact) mass is 344 g/mol. The minimum Gasteiger partial charge on any atom is -0.319 e. The molecule has 4 heterocycles. The van der Waals surface area contributed by atoms with Crippen LogP contribution in [0.25, 0.3) is 0 Å². The number of likely N-dealkylation sites (N-methyl/N-ethyl adjacent to an activating group) is 1. The van der Waals surface area contributed by atoms with Crippen LogP contribution in [0.1, 0.15) is 31.2 Å². The van der Waals surface area contributed by atoms with Crippen LogP contribution in [0.5, 0.6) is 0 Å². The third kappa shape index (κ3) is 3.35. The summed E-state index contributed by atoms with van der Waals surface area (Å²) < 4.78 is 0. The van der Waals surface area contributed by atoms with E-state index in [1.54, 1.807) is 6.20 Å². The van der Waals surface area contributed by atoms with Gasteiger partial charge in [-0.15, -0.1) is 0 Å². The van der Waals surface area contributed by atoms with Gasteiger partial charge in [-0.2, -0.15) is 0 Å². The van der Waals surface area contributed by atoms with Crippen molar-refractivity contribution in [3.63, 3.8) is 0 Å². The first-order chi connectivity index (χ1) is 12.3. The number of urea groups is 1. The van der Waals surface area contributed by atoms with Crippen molar-refractivity contribution in [3.8, 4) is 0 Å². The second kappa shape index (κ2) is 7.25. The number of rotatable bonds is 3. The number of hydrogen-bond acceptors (Lipinski definition) is 5. The van der Waals surface area contributed by atoms with E-state index in [1.807, 2.05) is 9.80 Å². The van der Waals surface area contributed by atoms with Crippen molar-refractivity contribution in [2.45, 2.75) is 38.6 Å². The van der Waals surface area contributed by atoms with Gasteiger partial charge in [0.2, 0.25) is 0 Å². The molecule has 0 aromatic carbocycles. The maximum absolute atomic E-state index is 12.9. The van der Waals surface area contributed by atoms with Gasteiger partial charge in [-0.25, -0.2) is 9.78 Å². The van der Waals surface area contributed by atoms with E-state index in [2.05, 4.69) is 22.1 Å². The Labute approximate surface area is 149 Å². The average Bonchev–Trinajstić information content (AvgIpc) is 2.92. The molecule has 2 amide bonds. The second-order valence-electron chi connectivity index (χ2n) is 7.16. The van der Waals surface area contributed by atoms with Crippen molar-refractivity contribution >= 4 is 11.8 Å². The lowest BCUT2D eigenvalue weighted by molar-refractivity contribution is 0.185. The summed E-state index contributed by atoms with van der Waals surface area (Å²) in [5.74, 6) is 0.727. The maximum Gasteiger partial charge on any atom is 0.326 e. The number of nitrogens with zero attached hydrogens (tertiary/aromatic N) is 5. The van der Waals surface area contributed by atoms with E-state index in [-0.39, 0.29) is 6.03 Å². The SMILES string of the molecule is CCN1CCc2ncc(N3CCN(C4CCNCC4)C3=O)nc2CC1. The van der Waals surface area contributed by atoms with Crippen LogP contribution in [0.2, 0.25) is 0 Å². The number of anilines is 1. The highest BCUT2D eigenvalue weighted by Crippen LogP contribution is 2.24. The van der Waals surface area contributed by atoms with E-state index in [9.17, 15) is 4.79 Å². The summed E-state index contributed by atoms with van der Waals surface area (Å²) in [6.45, 7) is 8.85. The van der Waals surface area contributed by atoms with Gasteiger partial charge < -0.3 is 15.1 Å². The molecule has 2 fully saturated rings. The Morgan fingerprint density at radius 2 is 1.88 bits per heavy atom. The molecule has 0 spiro atoms. The van der Waals surface area contributed by atoms with Gasteiger partial charge in [0, 0.05) is 45.1 Å². The molecule has 0 saturated carbocycles. The van der Waals surface area contributed by atoms with Crippen LogP contribution >= 0.6 is 0 Å². The van der Waals surface area contributed by atoms with Gasteiger partial charge >= 0.3 is 6.03 Å². The van der Waals surface area contributed by atoms with E-state index in [4.69, 9.17) is 4.98 Å². The molecular weight excluding hydrogens is 316 g/mol. The fourth-order valence-corrected chi connectivity index (χ4v) is 4.16. The zero-order valence-corrected chi connectivity index (χ0v) is 15.1. The molecule has 1 N–H and O–H groups in total. The normalized spacial score (nSPS) is 23.0. The van der Waals surface area contributed by atoms with Crippen molar-refractivity contribution in [1.29, 1.82) is 0 Å². The van der Waals surface area contributed by atoms with Crippen LogP contribution in [0, 0.1) is 0 Å². The smallest absolute Gasteiger partial charge is 0.319 e. The Morgan fingerprint density at radius 3 is 2.64 bits per heavy atom. The molecule has 2 saturated heterocycles. The predicted octanol–water partition coefficient (Wildman–Crippen LogP) is 0.891. The summed E-state index contributed by atoms with van der Waals surface area (Å²) in [6, 6.07) is 0.468. The average molecular weight is 344 g/mol. The number of hydrogen-bond donors (Lipinski definition) is 1. The molecule has 0 unspecified atom stereocenters. The number of amides is 2. The quantitative estimate of drug-likeness (QED) is 0.882. The van der Waals surface area contributed by atoms with Gasteiger partial charge in [0.1, 0.15) is 0 Å². The van der Waals surface area contributed by atoms with Crippen molar-refractivity contribution in [2.75, 3.05) is 50.7 Å². The fraction of sp³-hybridized carbons (Fsp3) is 0.722. The molecule has 0 bridgehead atoms. The van der Waals surface area contributed by atoms with Crippen molar-refractivity contribution < 1.29 is 4.79 Å². The first-order valence-corrected chi connectivity index (χ1v) is 9.62. The second-order valence-corrected chi connectivity index (χ2v) is 7.16. The van der Waals surface area contributed by atoms with Crippen molar-refractivity contribution in [1.82, 2.24) is 25.1 Å². The molecule has 7 nitrogen and oxygen atoms in total. The Hall–Kier alpha value is -1.73. The Kier molecular flexibility index (Phi) is 4.85. The predicted molar refractivity (Wildman–Crippen MR) is 96.9 cm³/mol. The maximum atomic E-state index is 12.9. The highest BCUT2D eigenvalue weighted by molar-refractivity contribution is 5.93. The molecule has 7 heteroatoms. The number of nitrogens with one attached hydrogen (secondary N) is 1.